The fraction of sp³-hybridized carbons (Fsp3) is 0.188. The number of benzene rings is 2. The number of rotatable bonds is 3. The molecule has 0 heterocycles. The molecule has 1 amide bonds. The number of aryl methyl sites for hydroxylation is 1. The van der Waals surface area contributed by atoms with Gasteiger partial charge >= 0.3 is 0 Å². The summed E-state index contributed by atoms with van der Waals surface area (Å²) in [6.45, 7) is 2.22. The van der Waals surface area contributed by atoms with E-state index < -0.39 is 23.1 Å². The molecule has 0 saturated carbocycles. The third-order valence-electron chi connectivity index (χ3n) is 3.24. The lowest BCUT2D eigenvalue weighted by atomic mass is 10.1. The van der Waals surface area contributed by atoms with Crippen molar-refractivity contribution in [1.29, 1.82) is 0 Å². The normalized spacial score (nSPS) is 10.5. The van der Waals surface area contributed by atoms with Crippen LogP contribution in [0.4, 0.5) is 8.78 Å². The van der Waals surface area contributed by atoms with Gasteiger partial charge in [-0.05, 0) is 30.2 Å². The van der Waals surface area contributed by atoms with Crippen LogP contribution in [-0.2, 0) is 6.54 Å². The second-order valence-corrected chi connectivity index (χ2v) is 5.75. The van der Waals surface area contributed by atoms with Gasteiger partial charge in [-0.1, -0.05) is 40.2 Å². The van der Waals surface area contributed by atoms with E-state index in [0.29, 0.717) is 6.54 Å². The van der Waals surface area contributed by atoms with Crippen LogP contribution in [-0.4, -0.2) is 17.9 Å². The molecule has 21 heavy (non-hydrogen) atoms. The average molecular weight is 354 g/mol. The van der Waals surface area contributed by atoms with E-state index in [9.17, 15) is 13.6 Å². The predicted molar refractivity (Wildman–Crippen MR) is 81.0 cm³/mol. The molecule has 0 spiro atoms. The van der Waals surface area contributed by atoms with Crippen LogP contribution in [0.5, 0.6) is 0 Å². The number of halogens is 3. The van der Waals surface area contributed by atoms with Crippen LogP contribution in [0.25, 0.3) is 0 Å². The fourth-order valence-electron chi connectivity index (χ4n) is 2.05. The van der Waals surface area contributed by atoms with Gasteiger partial charge in [-0.15, -0.1) is 0 Å². The summed E-state index contributed by atoms with van der Waals surface area (Å²) in [5, 5.41) is 0. The van der Waals surface area contributed by atoms with Crippen molar-refractivity contribution in [3.63, 3.8) is 0 Å². The maximum absolute atomic E-state index is 13.8. The molecule has 0 aliphatic heterocycles. The van der Waals surface area contributed by atoms with Crippen molar-refractivity contribution in [2.45, 2.75) is 13.5 Å². The zero-order chi connectivity index (χ0) is 15.6. The van der Waals surface area contributed by atoms with Crippen molar-refractivity contribution in [2.75, 3.05) is 7.05 Å². The maximum Gasteiger partial charge on any atom is 0.259 e. The van der Waals surface area contributed by atoms with Gasteiger partial charge in [0.05, 0.1) is 0 Å². The summed E-state index contributed by atoms with van der Waals surface area (Å²) in [4.78, 5) is 13.5. The Kier molecular flexibility index (Phi) is 4.73. The second-order valence-electron chi connectivity index (χ2n) is 4.83. The summed E-state index contributed by atoms with van der Waals surface area (Å²) < 4.78 is 27.9. The predicted octanol–water partition coefficient (Wildman–Crippen LogP) is 4.31. The molecule has 5 heteroatoms. The Hall–Kier alpha value is -1.75. The average Bonchev–Trinajstić information content (AvgIpc) is 2.40. The van der Waals surface area contributed by atoms with Gasteiger partial charge in [-0.3, -0.25) is 4.79 Å². The summed E-state index contributed by atoms with van der Waals surface area (Å²) in [5.74, 6) is -2.42. The first-order chi connectivity index (χ1) is 9.90. The van der Waals surface area contributed by atoms with Crippen molar-refractivity contribution < 1.29 is 13.6 Å². The molecule has 0 atom stereocenters. The molecule has 0 bridgehead atoms. The molecule has 0 unspecified atom stereocenters. The molecule has 2 aromatic rings. The SMILES string of the molecule is Cc1ccccc1CN(C)C(=O)c1c(F)cc(Br)cc1F. The number of hydrogen-bond acceptors (Lipinski definition) is 1. The lowest BCUT2D eigenvalue weighted by molar-refractivity contribution is 0.0775. The van der Waals surface area contributed by atoms with E-state index >= 15 is 0 Å². The zero-order valence-electron chi connectivity index (χ0n) is 11.7. The highest BCUT2D eigenvalue weighted by atomic mass is 79.9. The summed E-state index contributed by atoms with van der Waals surface area (Å²) >= 11 is 2.99. The van der Waals surface area contributed by atoms with Crippen molar-refractivity contribution >= 4 is 21.8 Å². The molecule has 0 aromatic heterocycles. The van der Waals surface area contributed by atoms with E-state index in [1.807, 2.05) is 31.2 Å². The van der Waals surface area contributed by atoms with E-state index in [-0.39, 0.29) is 4.47 Å². The van der Waals surface area contributed by atoms with Crippen molar-refractivity contribution in [3.05, 3.63) is 69.2 Å². The van der Waals surface area contributed by atoms with Crippen LogP contribution in [0.2, 0.25) is 0 Å². The van der Waals surface area contributed by atoms with Gasteiger partial charge in [0.25, 0.3) is 5.91 Å². The molecule has 110 valence electrons. The minimum Gasteiger partial charge on any atom is -0.337 e. The number of hydrogen-bond donors (Lipinski definition) is 0. The van der Waals surface area contributed by atoms with Crippen LogP contribution in [0.1, 0.15) is 21.5 Å². The second kappa shape index (κ2) is 6.35. The third kappa shape index (κ3) is 3.47. The van der Waals surface area contributed by atoms with Gasteiger partial charge in [-0.2, -0.15) is 0 Å². The Morgan fingerprint density at radius 3 is 2.33 bits per heavy atom. The van der Waals surface area contributed by atoms with Crippen LogP contribution in [0.3, 0.4) is 0 Å². The van der Waals surface area contributed by atoms with Gasteiger partial charge in [0, 0.05) is 18.1 Å². The molecular formula is C16H14BrF2NO. The molecular weight excluding hydrogens is 340 g/mol. The quantitative estimate of drug-likeness (QED) is 0.805. The van der Waals surface area contributed by atoms with Gasteiger partial charge in [0.1, 0.15) is 17.2 Å². The van der Waals surface area contributed by atoms with Gasteiger partial charge in [0.2, 0.25) is 0 Å². The standard InChI is InChI=1S/C16H14BrF2NO/c1-10-5-3-4-6-11(10)9-20(2)16(21)15-13(18)7-12(17)8-14(15)19/h3-8H,9H2,1-2H3. The molecule has 2 nitrogen and oxygen atoms in total. The van der Waals surface area contributed by atoms with Crippen LogP contribution < -0.4 is 0 Å². The van der Waals surface area contributed by atoms with E-state index in [0.717, 1.165) is 23.3 Å². The highest BCUT2D eigenvalue weighted by Crippen LogP contribution is 2.21. The Balaban J connectivity index is 2.26. The fourth-order valence-corrected chi connectivity index (χ4v) is 2.45. The van der Waals surface area contributed by atoms with Crippen molar-refractivity contribution in [3.8, 4) is 0 Å². The first-order valence-electron chi connectivity index (χ1n) is 6.34. The van der Waals surface area contributed by atoms with Crippen LogP contribution in [0, 0.1) is 18.6 Å². The highest BCUT2D eigenvalue weighted by molar-refractivity contribution is 9.10. The third-order valence-corrected chi connectivity index (χ3v) is 3.69. The topological polar surface area (TPSA) is 20.3 Å². The first kappa shape index (κ1) is 15.6. The van der Waals surface area contributed by atoms with Crippen molar-refractivity contribution in [2.24, 2.45) is 0 Å². The Labute approximate surface area is 130 Å². The molecule has 0 radical (unpaired) electrons. The van der Waals surface area contributed by atoms with E-state index in [2.05, 4.69) is 15.9 Å². The molecule has 0 N–H and O–H groups in total. The van der Waals surface area contributed by atoms with Gasteiger partial charge in [0.15, 0.2) is 0 Å². The van der Waals surface area contributed by atoms with Crippen LogP contribution >= 0.6 is 15.9 Å². The zero-order valence-corrected chi connectivity index (χ0v) is 13.2. The maximum atomic E-state index is 13.8. The molecule has 0 saturated heterocycles. The lowest BCUT2D eigenvalue weighted by Crippen LogP contribution is -2.28. The summed E-state index contributed by atoms with van der Waals surface area (Å²) in [6, 6.07) is 9.73. The number of carbonyl (C=O) groups excluding carboxylic acids is 1. The Morgan fingerprint density at radius 1 is 1.19 bits per heavy atom. The van der Waals surface area contributed by atoms with Crippen molar-refractivity contribution in [1.82, 2.24) is 4.90 Å². The minimum absolute atomic E-state index is 0.260. The van der Waals surface area contributed by atoms with Gasteiger partial charge in [-0.25, -0.2) is 8.78 Å². The number of carbonyl (C=O) groups is 1. The summed E-state index contributed by atoms with van der Waals surface area (Å²) in [7, 11) is 1.52. The molecule has 2 aromatic carbocycles. The minimum atomic E-state index is -0.872. The monoisotopic (exact) mass is 353 g/mol. The van der Waals surface area contributed by atoms with Crippen LogP contribution in [0.15, 0.2) is 40.9 Å². The lowest BCUT2D eigenvalue weighted by Gasteiger charge is -2.19. The van der Waals surface area contributed by atoms with E-state index in [1.165, 1.54) is 11.9 Å². The smallest absolute Gasteiger partial charge is 0.259 e. The molecule has 2 rings (SSSR count). The molecule has 0 fully saturated rings. The summed E-state index contributed by atoms with van der Waals surface area (Å²) in [5.41, 5.74) is 1.43. The highest BCUT2D eigenvalue weighted by Gasteiger charge is 2.22. The Bertz CT molecular complexity index is 665. The number of amides is 1. The van der Waals surface area contributed by atoms with Gasteiger partial charge < -0.3 is 4.90 Å². The van der Waals surface area contributed by atoms with E-state index in [1.54, 1.807) is 0 Å². The van der Waals surface area contributed by atoms with E-state index in [4.69, 9.17) is 0 Å². The molecule has 0 aliphatic carbocycles. The number of nitrogens with zero attached hydrogens (tertiary/aromatic N) is 1. The Morgan fingerprint density at radius 2 is 1.76 bits per heavy atom. The first-order valence-corrected chi connectivity index (χ1v) is 7.14. The largest absolute Gasteiger partial charge is 0.337 e. The molecule has 0 aliphatic rings. The summed E-state index contributed by atoms with van der Waals surface area (Å²) in [6.07, 6.45) is 0.